The molecule has 7 heteroatoms. The summed E-state index contributed by atoms with van der Waals surface area (Å²) >= 11 is 5.26. The molecule has 1 aromatic rings. The second-order valence-corrected chi connectivity index (χ2v) is 8.15. The Hall–Kier alpha value is -0.630. The largest absolute Gasteiger partial charge is 0.444 e. The van der Waals surface area contributed by atoms with Gasteiger partial charge in [-0.1, -0.05) is 0 Å². The van der Waals surface area contributed by atoms with Crippen molar-refractivity contribution in [1.29, 1.82) is 0 Å². The molecule has 1 unspecified atom stereocenters. The molecule has 0 aliphatic heterocycles. The van der Waals surface area contributed by atoms with Gasteiger partial charge in [0.15, 0.2) is 0 Å². The van der Waals surface area contributed by atoms with E-state index in [9.17, 15) is 4.79 Å². The molecular weight excluding hydrogens is 380 g/mol. The molecule has 0 radical (unpaired) electrons. The first kappa shape index (κ1) is 20.4. The van der Waals surface area contributed by atoms with Gasteiger partial charge in [-0.25, -0.2) is 4.79 Å². The van der Waals surface area contributed by atoms with Crippen LogP contribution < -0.4 is 10.6 Å². The van der Waals surface area contributed by atoms with Crippen LogP contribution in [-0.2, 0) is 16.0 Å². The van der Waals surface area contributed by atoms with Crippen molar-refractivity contribution in [3.8, 4) is 0 Å². The third kappa shape index (κ3) is 9.30. The summed E-state index contributed by atoms with van der Waals surface area (Å²) in [6.45, 7) is 7.62. The second-order valence-electron chi connectivity index (χ2n) is 6.30. The summed E-state index contributed by atoms with van der Waals surface area (Å²) in [7, 11) is 1.70. The molecular formula is C16H27BrN2O3S. The van der Waals surface area contributed by atoms with E-state index in [0.717, 1.165) is 23.9 Å². The lowest BCUT2D eigenvalue weighted by Crippen LogP contribution is -2.35. The fourth-order valence-electron chi connectivity index (χ4n) is 1.99. The van der Waals surface area contributed by atoms with Crippen LogP contribution >= 0.6 is 27.3 Å². The molecule has 1 aromatic heterocycles. The van der Waals surface area contributed by atoms with E-state index in [1.54, 1.807) is 18.4 Å². The predicted molar refractivity (Wildman–Crippen MR) is 98.0 cm³/mol. The van der Waals surface area contributed by atoms with E-state index in [1.165, 1.54) is 4.88 Å². The lowest BCUT2D eigenvalue weighted by atomic mass is 10.1. The Bertz CT molecular complexity index is 474. The van der Waals surface area contributed by atoms with Gasteiger partial charge in [0.2, 0.25) is 0 Å². The number of alkyl carbamates (subject to hydrolysis) is 1. The van der Waals surface area contributed by atoms with Gasteiger partial charge in [-0.05, 0) is 61.0 Å². The normalized spacial score (nSPS) is 12.9. The minimum atomic E-state index is -0.460. The number of carbonyl (C=O) groups is 1. The number of amides is 1. The number of ether oxygens (including phenoxy) is 2. The highest BCUT2D eigenvalue weighted by molar-refractivity contribution is 9.10. The van der Waals surface area contributed by atoms with Gasteiger partial charge in [0.05, 0.1) is 6.61 Å². The first-order chi connectivity index (χ1) is 10.8. The summed E-state index contributed by atoms with van der Waals surface area (Å²) in [6, 6.07) is 2.31. The Morgan fingerprint density at radius 1 is 1.43 bits per heavy atom. The number of hydrogen-bond acceptors (Lipinski definition) is 5. The highest BCUT2D eigenvalue weighted by Gasteiger charge is 2.16. The minimum absolute atomic E-state index is 0.259. The Labute approximate surface area is 151 Å². The molecule has 5 nitrogen and oxygen atoms in total. The van der Waals surface area contributed by atoms with Crippen LogP contribution in [0.3, 0.4) is 0 Å². The van der Waals surface area contributed by atoms with Crippen molar-refractivity contribution < 1.29 is 14.3 Å². The average Bonchev–Trinajstić information content (AvgIpc) is 2.84. The van der Waals surface area contributed by atoms with Crippen molar-refractivity contribution in [2.75, 3.05) is 20.3 Å². The van der Waals surface area contributed by atoms with Gasteiger partial charge in [0, 0.05) is 35.6 Å². The first-order valence-corrected chi connectivity index (χ1v) is 9.40. The molecule has 0 saturated carbocycles. The fraction of sp³-hybridized carbons (Fsp3) is 0.688. The third-order valence-corrected chi connectivity index (χ3v) is 4.93. The zero-order chi connectivity index (χ0) is 17.3. The highest BCUT2D eigenvalue weighted by atomic mass is 79.9. The smallest absolute Gasteiger partial charge is 0.407 e. The van der Waals surface area contributed by atoms with Gasteiger partial charge in [-0.2, -0.15) is 0 Å². The molecule has 1 amide bonds. The van der Waals surface area contributed by atoms with Crippen LogP contribution in [0.4, 0.5) is 4.79 Å². The minimum Gasteiger partial charge on any atom is -0.444 e. The van der Waals surface area contributed by atoms with Crippen LogP contribution in [0.25, 0.3) is 0 Å². The molecule has 1 heterocycles. The average molecular weight is 407 g/mol. The monoisotopic (exact) mass is 406 g/mol. The summed E-state index contributed by atoms with van der Waals surface area (Å²) in [5.74, 6) is 0. The molecule has 0 spiro atoms. The summed E-state index contributed by atoms with van der Waals surface area (Å²) in [5.41, 5.74) is -0.460. The molecule has 0 aromatic carbocycles. The summed E-state index contributed by atoms with van der Waals surface area (Å²) < 4.78 is 11.6. The number of hydrogen-bond donors (Lipinski definition) is 2. The zero-order valence-electron chi connectivity index (χ0n) is 14.3. The van der Waals surface area contributed by atoms with E-state index < -0.39 is 5.60 Å². The summed E-state index contributed by atoms with van der Waals surface area (Å²) in [4.78, 5) is 12.8. The number of nitrogens with one attached hydrogen (secondary N) is 2. The maximum atomic E-state index is 11.6. The molecule has 23 heavy (non-hydrogen) atoms. The van der Waals surface area contributed by atoms with Crippen LogP contribution in [0, 0.1) is 0 Å². The Kier molecular flexibility index (Phi) is 9.12. The summed E-state index contributed by atoms with van der Waals surface area (Å²) in [5, 5.41) is 8.35. The Balaban J connectivity index is 2.25. The highest BCUT2D eigenvalue weighted by Crippen LogP contribution is 2.22. The van der Waals surface area contributed by atoms with Crippen LogP contribution in [0.1, 0.15) is 38.5 Å². The standard InChI is InChI=1S/C16H27BrN2O3S/c1-16(2,3)22-15(20)18-8-5-6-12(11-21-4)19-10-14-13(17)7-9-23-14/h7,9,12,19H,5-6,8,10-11H2,1-4H3,(H,18,20). The predicted octanol–water partition coefficient (Wildman–Crippen LogP) is 3.92. The number of carbonyl (C=O) groups excluding carboxylic acids is 1. The Morgan fingerprint density at radius 2 is 2.17 bits per heavy atom. The molecule has 1 rings (SSSR count). The van der Waals surface area contributed by atoms with Crippen molar-refractivity contribution in [1.82, 2.24) is 10.6 Å². The van der Waals surface area contributed by atoms with Crippen molar-refractivity contribution in [3.05, 3.63) is 20.8 Å². The van der Waals surface area contributed by atoms with E-state index in [2.05, 4.69) is 38.0 Å². The lowest BCUT2D eigenvalue weighted by molar-refractivity contribution is 0.0526. The van der Waals surface area contributed by atoms with Gasteiger partial charge < -0.3 is 20.1 Å². The SMILES string of the molecule is COCC(CCCNC(=O)OC(C)(C)C)NCc1sccc1Br. The van der Waals surface area contributed by atoms with E-state index in [-0.39, 0.29) is 12.1 Å². The quantitative estimate of drug-likeness (QED) is 0.610. The molecule has 0 fully saturated rings. The van der Waals surface area contributed by atoms with Crippen LogP contribution in [0.2, 0.25) is 0 Å². The topological polar surface area (TPSA) is 59.6 Å². The van der Waals surface area contributed by atoms with Gasteiger partial charge in [-0.3, -0.25) is 0 Å². The number of methoxy groups -OCH3 is 1. The van der Waals surface area contributed by atoms with Crippen molar-refractivity contribution >= 4 is 33.4 Å². The fourth-order valence-corrected chi connectivity index (χ4v) is 3.43. The lowest BCUT2D eigenvalue weighted by Gasteiger charge is -2.20. The second kappa shape index (κ2) is 10.3. The van der Waals surface area contributed by atoms with Crippen LogP contribution in [0.5, 0.6) is 0 Å². The third-order valence-electron chi connectivity index (χ3n) is 3.01. The van der Waals surface area contributed by atoms with Crippen molar-refractivity contribution in [2.24, 2.45) is 0 Å². The molecule has 0 bridgehead atoms. The maximum Gasteiger partial charge on any atom is 0.407 e. The van der Waals surface area contributed by atoms with Gasteiger partial charge in [0.25, 0.3) is 0 Å². The van der Waals surface area contributed by atoms with Crippen molar-refractivity contribution in [2.45, 2.75) is 51.8 Å². The van der Waals surface area contributed by atoms with Gasteiger partial charge in [0.1, 0.15) is 5.60 Å². The zero-order valence-corrected chi connectivity index (χ0v) is 16.7. The summed E-state index contributed by atoms with van der Waals surface area (Å²) in [6.07, 6.45) is 1.43. The van der Waals surface area contributed by atoms with Crippen molar-refractivity contribution in [3.63, 3.8) is 0 Å². The number of halogens is 1. The van der Waals surface area contributed by atoms with Gasteiger partial charge in [-0.15, -0.1) is 11.3 Å². The van der Waals surface area contributed by atoms with Gasteiger partial charge >= 0.3 is 6.09 Å². The molecule has 0 aliphatic carbocycles. The number of rotatable bonds is 9. The van der Waals surface area contributed by atoms with E-state index >= 15 is 0 Å². The van der Waals surface area contributed by atoms with Crippen LogP contribution in [-0.4, -0.2) is 38.0 Å². The molecule has 2 N–H and O–H groups in total. The number of thiophene rings is 1. The maximum absolute atomic E-state index is 11.6. The first-order valence-electron chi connectivity index (χ1n) is 7.73. The molecule has 0 aliphatic rings. The van der Waals surface area contributed by atoms with Crippen LogP contribution in [0.15, 0.2) is 15.9 Å². The molecule has 132 valence electrons. The molecule has 0 saturated heterocycles. The Morgan fingerprint density at radius 3 is 2.74 bits per heavy atom. The van der Waals surface area contributed by atoms with E-state index in [4.69, 9.17) is 9.47 Å². The molecule has 1 atom stereocenters. The van der Waals surface area contributed by atoms with E-state index in [0.29, 0.717) is 13.2 Å². The van der Waals surface area contributed by atoms with E-state index in [1.807, 2.05) is 20.8 Å².